The van der Waals surface area contributed by atoms with Crippen molar-refractivity contribution < 1.29 is 23.8 Å². The molecule has 5 heteroatoms. The van der Waals surface area contributed by atoms with Gasteiger partial charge in [0.1, 0.15) is 34.5 Å². The molecule has 0 aromatic heterocycles. The average molecular weight is 591 g/mol. The fraction of sp³-hybridized carbons (Fsp3) is 0.0500. The summed E-state index contributed by atoms with van der Waals surface area (Å²) < 4.78 is 17.8. The number of hydrogen-bond acceptors (Lipinski definition) is 5. The van der Waals surface area contributed by atoms with Gasteiger partial charge < -0.3 is 14.2 Å². The Morgan fingerprint density at radius 2 is 0.644 bits per heavy atom. The third-order valence-corrected chi connectivity index (χ3v) is 7.26. The van der Waals surface area contributed by atoms with Gasteiger partial charge in [0.15, 0.2) is 11.6 Å². The van der Waals surface area contributed by atoms with E-state index in [0.29, 0.717) is 39.7 Å². The predicted molar refractivity (Wildman–Crippen MR) is 176 cm³/mol. The van der Waals surface area contributed by atoms with E-state index in [0.717, 1.165) is 22.6 Å². The van der Waals surface area contributed by atoms with Gasteiger partial charge in [0.25, 0.3) is 0 Å². The highest BCUT2D eigenvalue weighted by Crippen LogP contribution is 2.29. The van der Waals surface area contributed by atoms with E-state index in [1.807, 2.05) is 79.7 Å². The molecule has 0 radical (unpaired) electrons. The third-order valence-electron chi connectivity index (χ3n) is 7.26. The molecule has 220 valence electrons. The first-order chi connectivity index (χ1) is 21.9. The zero-order valence-corrected chi connectivity index (χ0v) is 24.9. The van der Waals surface area contributed by atoms with E-state index in [9.17, 15) is 9.59 Å². The highest BCUT2D eigenvalue weighted by atomic mass is 16.5. The van der Waals surface area contributed by atoms with Gasteiger partial charge in [0, 0.05) is 16.7 Å². The molecule has 0 bridgehead atoms. The maximum absolute atomic E-state index is 13.1. The molecule has 0 N–H and O–H groups in total. The van der Waals surface area contributed by atoms with Gasteiger partial charge in [-0.15, -0.1) is 0 Å². The van der Waals surface area contributed by atoms with Crippen LogP contribution in [-0.4, -0.2) is 11.6 Å². The fourth-order valence-corrected chi connectivity index (χ4v) is 4.72. The lowest BCUT2D eigenvalue weighted by Gasteiger charge is -2.10. The Bertz CT molecular complexity index is 1910. The largest absolute Gasteiger partial charge is 0.457 e. The third kappa shape index (κ3) is 7.35. The maximum atomic E-state index is 13.1. The van der Waals surface area contributed by atoms with Crippen LogP contribution in [0.15, 0.2) is 146 Å². The van der Waals surface area contributed by atoms with Crippen molar-refractivity contribution in [3.05, 3.63) is 168 Å². The fourth-order valence-electron chi connectivity index (χ4n) is 4.72. The summed E-state index contributed by atoms with van der Waals surface area (Å²) in [5.41, 5.74) is 5.06. The van der Waals surface area contributed by atoms with Crippen molar-refractivity contribution in [2.45, 2.75) is 13.8 Å². The molecule has 0 spiro atoms. The van der Waals surface area contributed by atoms with Gasteiger partial charge >= 0.3 is 0 Å². The molecule has 6 aromatic rings. The lowest BCUT2D eigenvalue weighted by atomic mass is 10.0. The monoisotopic (exact) mass is 590 g/mol. The van der Waals surface area contributed by atoms with Crippen molar-refractivity contribution in [3.63, 3.8) is 0 Å². The number of carbonyl (C=O) groups is 2. The summed E-state index contributed by atoms with van der Waals surface area (Å²) in [7, 11) is 0. The van der Waals surface area contributed by atoms with Crippen LogP contribution >= 0.6 is 0 Å². The SMILES string of the molecule is CC(=O)c1ccc(Oc2ccc(C(=O)c3ccc(Oc4ccc(-c5ccc(Oc6ccc(C)cc6)cc5)cc4)cc3)cc2)cc1. The highest BCUT2D eigenvalue weighted by Gasteiger charge is 2.11. The summed E-state index contributed by atoms with van der Waals surface area (Å²) in [5.74, 6) is 4.04. The molecular weight excluding hydrogens is 560 g/mol. The predicted octanol–water partition coefficient (Wildman–Crippen LogP) is 10.5. The Morgan fingerprint density at radius 1 is 0.378 bits per heavy atom. The summed E-state index contributed by atoms with van der Waals surface area (Å²) in [6.45, 7) is 3.57. The van der Waals surface area contributed by atoms with Crippen molar-refractivity contribution in [1.29, 1.82) is 0 Å². The molecule has 0 unspecified atom stereocenters. The van der Waals surface area contributed by atoms with Crippen LogP contribution in [-0.2, 0) is 0 Å². The van der Waals surface area contributed by atoms with Gasteiger partial charge in [-0.05, 0) is 134 Å². The zero-order valence-electron chi connectivity index (χ0n) is 24.9. The van der Waals surface area contributed by atoms with Crippen LogP contribution in [0.4, 0.5) is 0 Å². The number of ether oxygens (including phenoxy) is 3. The molecule has 0 atom stereocenters. The number of ketones is 2. The molecule has 0 aliphatic rings. The summed E-state index contributed by atoms with van der Waals surface area (Å²) in [6.07, 6.45) is 0. The van der Waals surface area contributed by atoms with Gasteiger partial charge in [0.05, 0.1) is 0 Å². The minimum absolute atomic E-state index is 0.00153. The van der Waals surface area contributed by atoms with Gasteiger partial charge in [-0.3, -0.25) is 9.59 Å². The van der Waals surface area contributed by atoms with Crippen LogP contribution in [0, 0.1) is 6.92 Å². The van der Waals surface area contributed by atoms with Crippen molar-refractivity contribution in [2.24, 2.45) is 0 Å². The first-order valence-electron chi connectivity index (χ1n) is 14.6. The highest BCUT2D eigenvalue weighted by molar-refractivity contribution is 6.09. The van der Waals surface area contributed by atoms with E-state index in [1.165, 1.54) is 12.5 Å². The molecule has 0 saturated carbocycles. The van der Waals surface area contributed by atoms with Gasteiger partial charge in [-0.25, -0.2) is 0 Å². The van der Waals surface area contributed by atoms with Crippen LogP contribution in [0.25, 0.3) is 11.1 Å². The van der Waals surface area contributed by atoms with E-state index in [4.69, 9.17) is 14.2 Å². The number of aryl methyl sites for hydroxylation is 1. The summed E-state index contributed by atoms with van der Waals surface area (Å²) >= 11 is 0. The van der Waals surface area contributed by atoms with Crippen molar-refractivity contribution in [1.82, 2.24) is 0 Å². The van der Waals surface area contributed by atoms with Crippen molar-refractivity contribution in [3.8, 4) is 45.6 Å². The normalized spacial score (nSPS) is 10.6. The quantitative estimate of drug-likeness (QED) is 0.149. The molecule has 5 nitrogen and oxygen atoms in total. The van der Waals surface area contributed by atoms with E-state index in [2.05, 4.69) is 0 Å². The average Bonchev–Trinajstić information content (AvgIpc) is 3.07. The molecule has 0 heterocycles. The number of rotatable bonds is 10. The topological polar surface area (TPSA) is 61.8 Å². The van der Waals surface area contributed by atoms with Gasteiger partial charge in [-0.2, -0.15) is 0 Å². The molecule has 45 heavy (non-hydrogen) atoms. The Balaban J connectivity index is 1.04. The number of Topliss-reactive ketones (excluding diaryl/α,β-unsaturated/α-hetero) is 1. The molecular formula is C40H30O5. The maximum Gasteiger partial charge on any atom is 0.193 e. The lowest BCUT2D eigenvalue weighted by molar-refractivity contribution is 0.101. The second-order valence-corrected chi connectivity index (χ2v) is 10.6. The molecule has 0 amide bonds. The smallest absolute Gasteiger partial charge is 0.193 e. The summed E-state index contributed by atoms with van der Waals surface area (Å²) in [6, 6.07) is 44.8. The molecule has 6 aromatic carbocycles. The van der Waals surface area contributed by atoms with Crippen LogP contribution in [0.1, 0.15) is 38.8 Å². The first kappa shape index (κ1) is 29.1. The molecule has 0 saturated heterocycles. The van der Waals surface area contributed by atoms with Crippen LogP contribution < -0.4 is 14.2 Å². The number of carbonyl (C=O) groups excluding carboxylic acids is 2. The Labute approximate surface area is 262 Å². The van der Waals surface area contributed by atoms with Crippen molar-refractivity contribution >= 4 is 11.6 Å². The second-order valence-electron chi connectivity index (χ2n) is 10.6. The lowest BCUT2D eigenvalue weighted by Crippen LogP contribution is -2.01. The minimum atomic E-state index is -0.0986. The van der Waals surface area contributed by atoms with E-state index < -0.39 is 0 Å². The van der Waals surface area contributed by atoms with E-state index in [-0.39, 0.29) is 11.6 Å². The zero-order chi connectivity index (χ0) is 31.2. The van der Waals surface area contributed by atoms with Crippen LogP contribution in [0.3, 0.4) is 0 Å². The van der Waals surface area contributed by atoms with E-state index >= 15 is 0 Å². The summed E-state index contributed by atoms with van der Waals surface area (Å²) in [4.78, 5) is 24.5. The minimum Gasteiger partial charge on any atom is -0.457 e. The molecule has 0 aliphatic carbocycles. The van der Waals surface area contributed by atoms with Gasteiger partial charge in [0.2, 0.25) is 0 Å². The number of hydrogen-bond donors (Lipinski definition) is 0. The standard InChI is InChI=1S/C40H30O5/c1-27-3-15-34(16-4-27)43-36-19-7-30(8-20-36)31-9-21-37(22-10-31)45-39-25-13-33(14-26-39)40(42)32-11-23-38(24-12-32)44-35-17-5-29(6-18-35)28(2)41/h3-26H,1-2H3. The van der Waals surface area contributed by atoms with Crippen LogP contribution in [0.2, 0.25) is 0 Å². The van der Waals surface area contributed by atoms with E-state index in [1.54, 1.807) is 72.8 Å². The Morgan fingerprint density at radius 3 is 0.956 bits per heavy atom. The second kappa shape index (κ2) is 13.1. The molecule has 6 rings (SSSR count). The Kier molecular flexibility index (Phi) is 8.51. The first-order valence-corrected chi connectivity index (χ1v) is 14.6. The molecule has 0 fully saturated rings. The number of benzene rings is 6. The van der Waals surface area contributed by atoms with Crippen LogP contribution in [0.5, 0.6) is 34.5 Å². The molecule has 0 aliphatic heterocycles. The Hall–Kier alpha value is -5.94. The summed E-state index contributed by atoms with van der Waals surface area (Å²) in [5, 5.41) is 0. The van der Waals surface area contributed by atoms with Gasteiger partial charge in [-0.1, -0.05) is 42.0 Å². The van der Waals surface area contributed by atoms with Crippen molar-refractivity contribution in [2.75, 3.05) is 0 Å².